The van der Waals surface area contributed by atoms with Crippen LogP contribution in [0.15, 0.2) is 42.5 Å². The van der Waals surface area contributed by atoms with Gasteiger partial charge in [-0.25, -0.2) is 9.69 Å². The van der Waals surface area contributed by atoms with Gasteiger partial charge in [0, 0.05) is 12.5 Å². The predicted molar refractivity (Wildman–Crippen MR) is 82.2 cm³/mol. The van der Waals surface area contributed by atoms with Crippen molar-refractivity contribution in [2.24, 2.45) is 0 Å². The molecule has 1 heterocycles. The Morgan fingerprint density at radius 1 is 1.27 bits per heavy atom. The Morgan fingerprint density at radius 3 is 2.45 bits per heavy atom. The second-order valence-electron chi connectivity index (χ2n) is 6.41. The number of benzene rings is 1. The van der Waals surface area contributed by atoms with E-state index in [1.165, 1.54) is 6.08 Å². The highest BCUT2D eigenvalue weighted by molar-refractivity contribution is 6.02. The maximum atomic E-state index is 12.4. The van der Waals surface area contributed by atoms with Crippen LogP contribution < -0.4 is 0 Å². The summed E-state index contributed by atoms with van der Waals surface area (Å²) >= 11 is 0. The van der Waals surface area contributed by atoms with E-state index >= 15 is 0 Å². The quantitative estimate of drug-likeness (QED) is 0.930. The van der Waals surface area contributed by atoms with Crippen molar-refractivity contribution in [3.05, 3.63) is 48.0 Å². The number of nitrogens with zero attached hydrogens (tertiary/aromatic N) is 1. The van der Waals surface area contributed by atoms with Crippen molar-refractivity contribution in [1.29, 1.82) is 0 Å². The Hall–Kier alpha value is -2.14. The van der Waals surface area contributed by atoms with Crippen molar-refractivity contribution in [3.8, 4) is 0 Å². The van der Waals surface area contributed by atoms with Crippen LogP contribution in [-0.4, -0.2) is 39.8 Å². The van der Waals surface area contributed by atoms with Crippen molar-refractivity contribution in [2.75, 3.05) is 6.61 Å². The Labute approximate surface area is 130 Å². The second kappa shape index (κ2) is 5.93. The number of ether oxygens (including phenoxy) is 1. The molecule has 0 saturated carbocycles. The molecule has 1 N–H and O–H groups in total. The van der Waals surface area contributed by atoms with Crippen LogP contribution >= 0.6 is 0 Å². The molecule has 0 fully saturated rings. The van der Waals surface area contributed by atoms with Gasteiger partial charge in [0.1, 0.15) is 11.1 Å². The van der Waals surface area contributed by atoms with E-state index in [9.17, 15) is 14.7 Å². The van der Waals surface area contributed by atoms with Crippen molar-refractivity contribution in [1.82, 2.24) is 4.90 Å². The number of hydrogen-bond donors (Lipinski definition) is 1. The minimum absolute atomic E-state index is 0.339. The molecule has 5 heteroatoms. The summed E-state index contributed by atoms with van der Waals surface area (Å²) in [6, 6.07) is 9.41. The molecule has 22 heavy (non-hydrogen) atoms. The largest absolute Gasteiger partial charge is 0.443 e. The zero-order chi connectivity index (χ0) is 16.4. The third kappa shape index (κ3) is 3.36. The Bertz CT molecular complexity index is 588. The monoisotopic (exact) mass is 303 g/mol. The normalized spacial score (nSPS) is 21.3. The minimum Gasteiger partial charge on any atom is -0.443 e. The van der Waals surface area contributed by atoms with E-state index in [1.54, 1.807) is 26.8 Å². The van der Waals surface area contributed by atoms with Gasteiger partial charge < -0.3 is 9.84 Å². The van der Waals surface area contributed by atoms with E-state index in [4.69, 9.17) is 4.74 Å². The number of carbonyl (C=O) groups excluding carboxylic acids is 2. The first kappa shape index (κ1) is 16.2. The zero-order valence-corrected chi connectivity index (χ0v) is 13.1. The second-order valence-corrected chi connectivity index (χ2v) is 6.41. The van der Waals surface area contributed by atoms with Gasteiger partial charge in [-0.1, -0.05) is 36.4 Å². The van der Waals surface area contributed by atoms with Gasteiger partial charge in [0.05, 0.1) is 6.61 Å². The number of hydrogen-bond acceptors (Lipinski definition) is 4. The molecule has 2 amide bonds. The third-order valence-electron chi connectivity index (χ3n) is 3.40. The Balaban J connectivity index is 2.30. The van der Waals surface area contributed by atoms with E-state index in [0.29, 0.717) is 6.42 Å². The molecular weight excluding hydrogens is 282 g/mol. The average molecular weight is 303 g/mol. The SMILES string of the molecule is CC(C)(C)OC(=O)N1C(=O)C=CC1(CO)Cc1ccccc1. The number of carbonyl (C=O) groups is 2. The first-order chi connectivity index (χ1) is 10.3. The summed E-state index contributed by atoms with van der Waals surface area (Å²) in [5, 5.41) is 9.86. The van der Waals surface area contributed by atoms with Crippen LogP contribution in [0.3, 0.4) is 0 Å². The van der Waals surface area contributed by atoms with Crippen molar-refractivity contribution in [2.45, 2.75) is 38.3 Å². The molecule has 118 valence electrons. The van der Waals surface area contributed by atoms with Gasteiger partial charge in [0.2, 0.25) is 0 Å². The highest BCUT2D eigenvalue weighted by Crippen LogP contribution is 2.30. The van der Waals surface area contributed by atoms with E-state index in [2.05, 4.69) is 0 Å². The summed E-state index contributed by atoms with van der Waals surface area (Å²) in [7, 11) is 0. The van der Waals surface area contributed by atoms with Crippen LogP contribution in [0.4, 0.5) is 4.79 Å². The van der Waals surface area contributed by atoms with Crippen LogP contribution in [0, 0.1) is 0 Å². The molecule has 0 aromatic heterocycles. The fourth-order valence-electron chi connectivity index (χ4n) is 2.44. The van der Waals surface area contributed by atoms with Crippen molar-refractivity contribution < 1.29 is 19.4 Å². The van der Waals surface area contributed by atoms with E-state index < -0.39 is 23.1 Å². The predicted octanol–water partition coefficient (Wildman–Crippen LogP) is 2.29. The lowest BCUT2D eigenvalue weighted by Crippen LogP contribution is -2.54. The molecule has 0 bridgehead atoms. The number of aliphatic hydroxyl groups is 1. The number of aliphatic hydroxyl groups excluding tert-OH is 1. The summed E-state index contributed by atoms with van der Waals surface area (Å²) in [4.78, 5) is 25.5. The summed E-state index contributed by atoms with van der Waals surface area (Å²) in [6.45, 7) is 4.84. The molecule has 1 aliphatic rings. The van der Waals surface area contributed by atoms with Crippen LogP contribution in [0.25, 0.3) is 0 Å². The molecule has 0 spiro atoms. The minimum atomic E-state index is -1.10. The van der Waals surface area contributed by atoms with Gasteiger partial charge in [-0.15, -0.1) is 0 Å². The van der Waals surface area contributed by atoms with Crippen LogP contribution in [0.1, 0.15) is 26.3 Å². The molecule has 1 atom stereocenters. The standard InChI is InChI=1S/C17H21NO4/c1-16(2,3)22-15(21)18-14(20)9-10-17(18,12-19)11-13-7-5-4-6-8-13/h4-10,19H,11-12H2,1-3H3. The van der Waals surface area contributed by atoms with Gasteiger partial charge in [0.15, 0.2) is 0 Å². The summed E-state index contributed by atoms with van der Waals surface area (Å²) in [6.07, 6.45) is 2.48. The first-order valence-electron chi connectivity index (χ1n) is 7.19. The molecule has 1 aliphatic heterocycles. The summed E-state index contributed by atoms with van der Waals surface area (Å²) in [5.74, 6) is -0.473. The maximum Gasteiger partial charge on any atom is 0.418 e. The topological polar surface area (TPSA) is 66.8 Å². The van der Waals surface area contributed by atoms with E-state index in [1.807, 2.05) is 30.3 Å². The Kier molecular flexibility index (Phi) is 4.37. The lowest BCUT2D eigenvalue weighted by molar-refractivity contribution is -0.128. The van der Waals surface area contributed by atoms with E-state index in [-0.39, 0.29) is 6.61 Å². The molecule has 0 saturated heterocycles. The molecule has 0 aliphatic carbocycles. The van der Waals surface area contributed by atoms with Crippen molar-refractivity contribution >= 4 is 12.0 Å². The van der Waals surface area contributed by atoms with Crippen LogP contribution in [0.2, 0.25) is 0 Å². The van der Waals surface area contributed by atoms with Gasteiger partial charge in [-0.05, 0) is 26.3 Å². The number of imide groups is 1. The molecule has 1 unspecified atom stereocenters. The van der Waals surface area contributed by atoms with Gasteiger partial charge in [0.25, 0.3) is 5.91 Å². The fourth-order valence-corrected chi connectivity index (χ4v) is 2.44. The molecule has 5 nitrogen and oxygen atoms in total. The summed E-state index contributed by atoms with van der Waals surface area (Å²) in [5.41, 5.74) is -0.890. The highest BCUT2D eigenvalue weighted by atomic mass is 16.6. The maximum absolute atomic E-state index is 12.4. The third-order valence-corrected chi connectivity index (χ3v) is 3.40. The average Bonchev–Trinajstić information content (AvgIpc) is 2.75. The molecule has 0 radical (unpaired) electrons. The molecule has 1 aromatic carbocycles. The molecule has 1 aromatic rings. The smallest absolute Gasteiger partial charge is 0.418 e. The van der Waals surface area contributed by atoms with Gasteiger partial charge in [-0.2, -0.15) is 0 Å². The van der Waals surface area contributed by atoms with Gasteiger partial charge in [-0.3, -0.25) is 4.79 Å². The molecule has 2 rings (SSSR count). The highest BCUT2D eigenvalue weighted by Gasteiger charge is 2.46. The van der Waals surface area contributed by atoms with Crippen LogP contribution in [-0.2, 0) is 16.0 Å². The van der Waals surface area contributed by atoms with E-state index in [0.717, 1.165) is 10.5 Å². The lowest BCUT2D eigenvalue weighted by atomic mass is 9.91. The Morgan fingerprint density at radius 2 is 1.91 bits per heavy atom. The number of amides is 2. The number of rotatable bonds is 3. The summed E-state index contributed by atoms with van der Waals surface area (Å²) < 4.78 is 5.30. The van der Waals surface area contributed by atoms with Crippen LogP contribution in [0.5, 0.6) is 0 Å². The molecular formula is C17H21NO4. The van der Waals surface area contributed by atoms with Crippen molar-refractivity contribution in [3.63, 3.8) is 0 Å². The zero-order valence-electron chi connectivity index (χ0n) is 13.1. The lowest BCUT2D eigenvalue weighted by Gasteiger charge is -2.36. The fraction of sp³-hybridized carbons (Fsp3) is 0.412. The first-order valence-corrected chi connectivity index (χ1v) is 7.19. The van der Waals surface area contributed by atoms with Gasteiger partial charge >= 0.3 is 6.09 Å².